The summed E-state index contributed by atoms with van der Waals surface area (Å²) in [6, 6.07) is 0.473. The van der Waals surface area contributed by atoms with Crippen molar-refractivity contribution in [1.82, 2.24) is 0 Å². The summed E-state index contributed by atoms with van der Waals surface area (Å²) in [5, 5.41) is 0. The molecule has 0 heterocycles. The van der Waals surface area contributed by atoms with Crippen molar-refractivity contribution >= 4 is 0 Å². The summed E-state index contributed by atoms with van der Waals surface area (Å²) in [5.74, 6) is 2.04. The van der Waals surface area contributed by atoms with Gasteiger partial charge in [0.1, 0.15) is 0 Å². The van der Waals surface area contributed by atoms with Gasteiger partial charge in [-0.25, -0.2) is 0 Å². The zero-order valence-corrected chi connectivity index (χ0v) is 9.26. The molecular formula is C12H25N. The van der Waals surface area contributed by atoms with Crippen LogP contribution in [0, 0.1) is 11.8 Å². The molecule has 0 aromatic rings. The maximum Gasteiger partial charge on any atom is 0.00389 e. The van der Waals surface area contributed by atoms with Gasteiger partial charge in [-0.3, -0.25) is 0 Å². The van der Waals surface area contributed by atoms with Crippen molar-refractivity contribution < 1.29 is 0 Å². The van der Waals surface area contributed by atoms with Crippen LogP contribution < -0.4 is 5.73 Å². The second kappa shape index (κ2) is 5.64. The Kier molecular flexibility index (Phi) is 4.79. The molecule has 0 radical (unpaired) electrons. The van der Waals surface area contributed by atoms with E-state index in [1.807, 2.05) is 0 Å². The largest absolute Gasteiger partial charge is 0.328 e. The molecule has 0 aromatic heterocycles. The first-order valence-corrected chi connectivity index (χ1v) is 6.03. The van der Waals surface area contributed by atoms with E-state index < -0.39 is 0 Å². The smallest absolute Gasteiger partial charge is 0.00389 e. The fraction of sp³-hybridized carbons (Fsp3) is 1.00. The SMILES string of the molecule is CCCCCC1CC1C[C@@H](N)CC. The molecule has 78 valence electrons. The van der Waals surface area contributed by atoms with Gasteiger partial charge in [0.2, 0.25) is 0 Å². The minimum atomic E-state index is 0.473. The Morgan fingerprint density at radius 2 is 2.00 bits per heavy atom. The van der Waals surface area contributed by atoms with Gasteiger partial charge in [-0.05, 0) is 31.1 Å². The van der Waals surface area contributed by atoms with Crippen LogP contribution in [-0.4, -0.2) is 6.04 Å². The highest BCUT2D eigenvalue weighted by atomic mass is 14.6. The molecule has 13 heavy (non-hydrogen) atoms. The molecule has 1 aliphatic carbocycles. The normalized spacial score (nSPS) is 28.8. The summed E-state index contributed by atoms with van der Waals surface area (Å²) < 4.78 is 0. The van der Waals surface area contributed by atoms with Crippen LogP contribution in [0.4, 0.5) is 0 Å². The van der Waals surface area contributed by atoms with Gasteiger partial charge in [0.25, 0.3) is 0 Å². The predicted molar refractivity (Wildman–Crippen MR) is 58.6 cm³/mol. The van der Waals surface area contributed by atoms with E-state index in [-0.39, 0.29) is 0 Å². The van der Waals surface area contributed by atoms with Crippen molar-refractivity contribution in [3.8, 4) is 0 Å². The first-order chi connectivity index (χ1) is 6.27. The van der Waals surface area contributed by atoms with Gasteiger partial charge in [0, 0.05) is 6.04 Å². The van der Waals surface area contributed by atoms with E-state index in [2.05, 4.69) is 13.8 Å². The molecule has 0 bridgehead atoms. The molecule has 1 nitrogen and oxygen atoms in total. The van der Waals surface area contributed by atoms with Gasteiger partial charge in [-0.2, -0.15) is 0 Å². The Balaban J connectivity index is 1.96. The summed E-state index contributed by atoms with van der Waals surface area (Å²) in [5.41, 5.74) is 5.93. The van der Waals surface area contributed by atoms with Crippen LogP contribution in [0.2, 0.25) is 0 Å². The Labute approximate surface area is 83.1 Å². The maximum absolute atomic E-state index is 5.93. The van der Waals surface area contributed by atoms with Gasteiger partial charge >= 0.3 is 0 Å². The minimum Gasteiger partial charge on any atom is -0.328 e. The van der Waals surface area contributed by atoms with Crippen molar-refractivity contribution in [3.63, 3.8) is 0 Å². The average molecular weight is 183 g/mol. The first kappa shape index (κ1) is 11.0. The second-order valence-corrected chi connectivity index (χ2v) is 4.66. The third-order valence-electron chi connectivity index (χ3n) is 3.38. The molecule has 0 saturated heterocycles. The standard InChI is InChI=1S/C12H25N/c1-3-5-6-7-10-8-11(10)9-12(13)4-2/h10-12H,3-9,13H2,1-2H3/t10?,11?,12-/m0/s1. The number of nitrogens with two attached hydrogens (primary N) is 1. The molecule has 0 amide bonds. The Morgan fingerprint density at radius 3 is 2.62 bits per heavy atom. The molecule has 1 saturated carbocycles. The highest BCUT2D eigenvalue weighted by Crippen LogP contribution is 2.45. The lowest BCUT2D eigenvalue weighted by atomic mass is 10.0. The fourth-order valence-corrected chi connectivity index (χ4v) is 2.16. The lowest BCUT2D eigenvalue weighted by molar-refractivity contribution is 0.505. The third-order valence-corrected chi connectivity index (χ3v) is 3.38. The van der Waals surface area contributed by atoms with Crippen LogP contribution in [0.15, 0.2) is 0 Å². The van der Waals surface area contributed by atoms with Crippen LogP contribution in [-0.2, 0) is 0 Å². The summed E-state index contributed by atoms with van der Waals surface area (Å²) >= 11 is 0. The average Bonchev–Trinajstić information content (AvgIpc) is 2.84. The Morgan fingerprint density at radius 1 is 1.23 bits per heavy atom. The van der Waals surface area contributed by atoms with Crippen molar-refractivity contribution in [1.29, 1.82) is 0 Å². The lowest BCUT2D eigenvalue weighted by Crippen LogP contribution is -2.19. The summed E-state index contributed by atoms with van der Waals surface area (Å²) in [6.07, 6.45) is 9.59. The molecule has 1 aliphatic rings. The van der Waals surface area contributed by atoms with E-state index in [1.165, 1.54) is 38.5 Å². The van der Waals surface area contributed by atoms with Crippen LogP contribution >= 0.6 is 0 Å². The van der Waals surface area contributed by atoms with E-state index in [1.54, 1.807) is 0 Å². The zero-order chi connectivity index (χ0) is 9.68. The van der Waals surface area contributed by atoms with Crippen LogP contribution in [0.5, 0.6) is 0 Å². The molecule has 2 N–H and O–H groups in total. The summed E-state index contributed by atoms with van der Waals surface area (Å²) in [6.45, 7) is 4.47. The van der Waals surface area contributed by atoms with E-state index in [0.29, 0.717) is 6.04 Å². The molecule has 3 atom stereocenters. The fourth-order valence-electron chi connectivity index (χ4n) is 2.16. The molecule has 1 fully saturated rings. The quantitative estimate of drug-likeness (QED) is 0.602. The maximum atomic E-state index is 5.93. The van der Waals surface area contributed by atoms with E-state index >= 15 is 0 Å². The molecule has 0 aliphatic heterocycles. The van der Waals surface area contributed by atoms with Crippen LogP contribution in [0.3, 0.4) is 0 Å². The molecule has 2 unspecified atom stereocenters. The summed E-state index contributed by atoms with van der Waals surface area (Å²) in [4.78, 5) is 0. The number of rotatable bonds is 7. The highest BCUT2D eigenvalue weighted by molar-refractivity contribution is 4.88. The monoisotopic (exact) mass is 183 g/mol. The van der Waals surface area contributed by atoms with E-state index in [0.717, 1.165) is 18.3 Å². The van der Waals surface area contributed by atoms with Crippen molar-refractivity contribution in [2.24, 2.45) is 17.6 Å². The molecule has 1 heteroatoms. The lowest BCUT2D eigenvalue weighted by Gasteiger charge is -2.07. The molecule has 0 aromatic carbocycles. The van der Waals surface area contributed by atoms with E-state index in [4.69, 9.17) is 5.73 Å². The molecule has 1 rings (SSSR count). The minimum absolute atomic E-state index is 0.473. The van der Waals surface area contributed by atoms with Gasteiger partial charge in [0.05, 0.1) is 0 Å². The van der Waals surface area contributed by atoms with Crippen molar-refractivity contribution in [3.05, 3.63) is 0 Å². The Bertz CT molecular complexity index is 133. The van der Waals surface area contributed by atoms with Gasteiger partial charge in [-0.15, -0.1) is 0 Å². The second-order valence-electron chi connectivity index (χ2n) is 4.66. The van der Waals surface area contributed by atoms with E-state index in [9.17, 15) is 0 Å². The number of hydrogen-bond donors (Lipinski definition) is 1. The highest BCUT2D eigenvalue weighted by Gasteiger charge is 2.36. The van der Waals surface area contributed by atoms with Gasteiger partial charge in [-0.1, -0.05) is 39.5 Å². The number of hydrogen-bond acceptors (Lipinski definition) is 1. The number of unbranched alkanes of at least 4 members (excludes halogenated alkanes) is 2. The van der Waals surface area contributed by atoms with Gasteiger partial charge in [0.15, 0.2) is 0 Å². The van der Waals surface area contributed by atoms with Crippen molar-refractivity contribution in [2.75, 3.05) is 0 Å². The zero-order valence-electron chi connectivity index (χ0n) is 9.26. The molecule has 0 spiro atoms. The van der Waals surface area contributed by atoms with Crippen molar-refractivity contribution in [2.45, 2.75) is 64.8 Å². The van der Waals surface area contributed by atoms with Crippen LogP contribution in [0.1, 0.15) is 58.8 Å². The Hall–Kier alpha value is -0.0400. The molecular weight excluding hydrogens is 158 g/mol. The summed E-state index contributed by atoms with van der Waals surface area (Å²) in [7, 11) is 0. The van der Waals surface area contributed by atoms with Crippen LogP contribution in [0.25, 0.3) is 0 Å². The third kappa shape index (κ3) is 4.12. The predicted octanol–water partition coefficient (Wildman–Crippen LogP) is 3.33. The first-order valence-electron chi connectivity index (χ1n) is 6.03. The van der Waals surface area contributed by atoms with Gasteiger partial charge < -0.3 is 5.73 Å². The topological polar surface area (TPSA) is 26.0 Å².